The number of nitrogens with zero attached hydrogens (tertiary/aromatic N) is 3. The van der Waals surface area contributed by atoms with Gasteiger partial charge in [0.1, 0.15) is 0 Å². The van der Waals surface area contributed by atoms with Crippen molar-refractivity contribution in [3.05, 3.63) is 54.4 Å². The minimum atomic E-state index is -0.355. The predicted molar refractivity (Wildman–Crippen MR) is 103 cm³/mol. The number of rotatable bonds is 5. The number of carbonyl (C=O) groups is 3. The number of piperazine rings is 1. The summed E-state index contributed by atoms with van der Waals surface area (Å²) in [7, 11) is 0. The van der Waals surface area contributed by atoms with Crippen LogP contribution in [0.2, 0.25) is 0 Å². The summed E-state index contributed by atoms with van der Waals surface area (Å²) in [6.45, 7) is 3.74. The van der Waals surface area contributed by atoms with Crippen molar-refractivity contribution in [3.8, 4) is 5.69 Å². The molecule has 8 nitrogen and oxygen atoms in total. The molecule has 8 heteroatoms. The number of benzene rings is 1. The van der Waals surface area contributed by atoms with Crippen LogP contribution in [0.4, 0.5) is 4.79 Å². The number of nitrogens with one attached hydrogen (secondary N) is 1. The van der Waals surface area contributed by atoms with Crippen molar-refractivity contribution in [1.29, 1.82) is 0 Å². The Morgan fingerprint density at radius 1 is 0.964 bits per heavy atom. The van der Waals surface area contributed by atoms with Gasteiger partial charge < -0.3 is 24.4 Å². The lowest BCUT2D eigenvalue weighted by molar-refractivity contribution is -0.131. The van der Waals surface area contributed by atoms with E-state index < -0.39 is 0 Å². The third-order valence-corrected chi connectivity index (χ3v) is 4.59. The zero-order valence-electron chi connectivity index (χ0n) is 15.8. The number of amides is 3. The van der Waals surface area contributed by atoms with Crippen molar-refractivity contribution in [3.63, 3.8) is 0 Å². The van der Waals surface area contributed by atoms with Gasteiger partial charge in [-0.15, -0.1) is 0 Å². The number of aromatic nitrogens is 1. The molecule has 1 saturated heterocycles. The molecule has 0 unspecified atom stereocenters. The number of carbonyl (C=O) groups excluding carboxylic acids is 3. The van der Waals surface area contributed by atoms with Crippen LogP contribution in [0.15, 0.2) is 48.8 Å². The van der Waals surface area contributed by atoms with Crippen LogP contribution in [-0.4, -0.2) is 71.6 Å². The molecule has 28 heavy (non-hydrogen) atoms. The first-order chi connectivity index (χ1) is 13.6. The highest BCUT2D eigenvalue weighted by molar-refractivity contribution is 5.96. The summed E-state index contributed by atoms with van der Waals surface area (Å²) in [4.78, 5) is 39.5. The SMILES string of the molecule is CCOC(=O)N1CCN(C(=O)CNC(=O)c2ccc(-n3cccc3)cc2)CC1. The molecule has 0 spiro atoms. The first-order valence-corrected chi connectivity index (χ1v) is 9.29. The first kappa shape index (κ1) is 19.5. The quantitative estimate of drug-likeness (QED) is 0.847. The Labute approximate surface area is 163 Å². The lowest BCUT2D eigenvalue weighted by atomic mass is 10.2. The van der Waals surface area contributed by atoms with Crippen LogP contribution >= 0.6 is 0 Å². The number of hydrogen-bond acceptors (Lipinski definition) is 4. The number of ether oxygens (including phenoxy) is 1. The van der Waals surface area contributed by atoms with E-state index in [2.05, 4.69) is 5.32 Å². The van der Waals surface area contributed by atoms with Crippen LogP contribution in [-0.2, 0) is 9.53 Å². The highest BCUT2D eigenvalue weighted by Gasteiger charge is 2.24. The molecule has 148 valence electrons. The van der Waals surface area contributed by atoms with E-state index in [1.807, 2.05) is 41.2 Å². The second-order valence-electron chi connectivity index (χ2n) is 6.39. The van der Waals surface area contributed by atoms with E-state index in [9.17, 15) is 14.4 Å². The second-order valence-corrected chi connectivity index (χ2v) is 6.39. The largest absolute Gasteiger partial charge is 0.450 e. The standard InChI is InChI=1S/C20H24N4O4/c1-2-28-20(27)24-13-11-23(12-14-24)18(25)15-21-19(26)16-5-7-17(8-6-16)22-9-3-4-10-22/h3-10H,2,11-15H2,1H3,(H,21,26). The van der Waals surface area contributed by atoms with Gasteiger partial charge in [-0.3, -0.25) is 9.59 Å². The molecule has 0 bridgehead atoms. The van der Waals surface area contributed by atoms with Crippen molar-refractivity contribution >= 4 is 17.9 Å². The molecular formula is C20H24N4O4. The minimum Gasteiger partial charge on any atom is -0.450 e. The topological polar surface area (TPSA) is 83.9 Å². The van der Waals surface area contributed by atoms with Crippen molar-refractivity contribution in [2.45, 2.75) is 6.92 Å². The lowest BCUT2D eigenvalue weighted by Crippen LogP contribution is -2.52. The van der Waals surface area contributed by atoms with Gasteiger partial charge in [0.15, 0.2) is 0 Å². The smallest absolute Gasteiger partial charge is 0.409 e. The lowest BCUT2D eigenvalue weighted by Gasteiger charge is -2.34. The first-order valence-electron chi connectivity index (χ1n) is 9.29. The van der Waals surface area contributed by atoms with Gasteiger partial charge in [0.2, 0.25) is 5.91 Å². The Balaban J connectivity index is 1.46. The summed E-state index contributed by atoms with van der Waals surface area (Å²) in [5.41, 5.74) is 1.45. The molecule has 0 radical (unpaired) electrons. The Kier molecular flexibility index (Phi) is 6.31. The highest BCUT2D eigenvalue weighted by Crippen LogP contribution is 2.10. The maximum absolute atomic E-state index is 12.3. The van der Waals surface area contributed by atoms with E-state index in [-0.39, 0.29) is 24.5 Å². The van der Waals surface area contributed by atoms with Gasteiger partial charge in [0, 0.05) is 49.8 Å². The van der Waals surface area contributed by atoms with E-state index in [0.717, 1.165) is 5.69 Å². The van der Waals surface area contributed by atoms with Crippen LogP contribution in [0.3, 0.4) is 0 Å². The summed E-state index contributed by atoms with van der Waals surface area (Å²) in [6, 6.07) is 11.0. The van der Waals surface area contributed by atoms with Crippen LogP contribution in [0.1, 0.15) is 17.3 Å². The summed E-state index contributed by atoms with van der Waals surface area (Å²) in [6.07, 6.45) is 3.50. The molecule has 1 aromatic heterocycles. The fourth-order valence-corrected chi connectivity index (χ4v) is 3.01. The van der Waals surface area contributed by atoms with Crippen molar-refractivity contribution in [2.75, 3.05) is 39.3 Å². The second kappa shape index (κ2) is 9.07. The average Bonchev–Trinajstić information content (AvgIpc) is 3.27. The minimum absolute atomic E-state index is 0.0718. The molecule has 2 heterocycles. The van der Waals surface area contributed by atoms with Crippen LogP contribution in [0, 0.1) is 0 Å². The Hall–Kier alpha value is -3.29. The zero-order chi connectivity index (χ0) is 19.9. The third-order valence-electron chi connectivity index (χ3n) is 4.59. The van der Waals surface area contributed by atoms with E-state index >= 15 is 0 Å². The van der Waals surface area contributed by atoms with E-state index in [1.165, 1.54) is 0 Å². The van der Waals surface area contributed by atoms with Crippen molar-refractivity contribution in [2.24, 2.45) is 0 Å². The van der Waals surface area contributed by atoms with Gasteiger partial charge >= 0.3 is 6.09 Å². The Morgan fingerprint density at radius 3 is 2.18 bits per heavy atom. The molecule has 1 aromatic carbocycles. The maximum atomic E-state index is 12.3. The molecule has 0 atom stereocenters. The summed E-state index contributed by atoms with van der Waals surface area (Å²) in [5.74, 6) is -0.460. The molecule has 0 aliphatic carbocycles. The van der Waals surface area contributed by atoms with Crippen LogP contribution in [0.25, 0.3) is 5.69 Å². The van der Waals surface area contributed by atoms with Gasteiger partial charge in [0.05, 0.1) is 13.2 Å². The fourth-order valence-electron chi connectivity index (χ4n) is 3.01. The van der Waals surface area contributed by atoms with E-state index in [0.29, 0.717) is 38.3 Å². The van der Waals surface area contributed by atoms with E-state index in [4.69, 9.17) is 4.74 Å². The molecule has 3 rings (SSSR count). The molecule has 3 amide bonds. The normalized spacial score (nSPS) is 13.9. The van der Waals surface area contributed by atoms with Crippen LogP contribution in [0.5, 0.6) is 0 Å². The number of hydrogen-bond donors (Lipinski definition) is 1. The highest BCUT2D eigenvalue weighted by atomic mass is 16.6. The van der Waals surface area contributed by atoms with Gasteiger partial charge in [0.25, 0.3) is 5.91 Å². The maximum Gasteiger partial charge on any atom is 0.409 e. The summed E-state index contributed by atoms with van der Waals surface area (Å²) >= 11 is 0. The monoisotopic (exact) mass is 384 g/mol. The predicted octanol–water partition coefficient (Wildman–Crippen LogP) is 1.51. The molecular weight excluding hydrogens is 360 g/mol. The Bertz CT molecular complexity index is 809. The van der Waals surface area contributed by atoms with Gasteiger partial charge in [-0.1, -0.05) is 0 Å². The molecule has 2 aromatic rings. The molecule has 1 aliphatic rings. The molecule has 1 fully saturated rings. The molecule has 1 aliphatic heterocycles. The van der Waals surface area contributed by atoms with Crippen molar-refractivity contribution < 1.29 is 19.1 Å². The summed E-state index contributed by atoms with van der Waals surface area (Å²) in [5, 5.41) is 2.66. The van der Waals surface area contributed by atoms with Gasteiger partial charge in [-0.2, -0.15) is 0 Å². The Morgan fingerprint density at radius 2 is 1.57 bits per heavy atom. The third kappa shape index (κ3) is 4.70. The molecule has 0 saturated carbocycles. The van der Waals surface area contributed by atoms with Gasteiger partial charge in [-0.05, 0) is 43.3 Å². The fraction of sp³-hybridized carbons (Fsp3) is 0.350. The zero-order valence-corrected chi connectivity index (χ0v) is 15.8. The van der Waals surface area contributed by atoms with Crippen molar-refractivity contribution in [1.82, 2.24) is 19.7 Å². The van der Waals surface area contributed by atoms with Crippen LogP contribution < -0.4 is 5.32 Å². The molecule has 1 N–H and O–H groups in total. The van der Waals surface area contributed by atoms with E-state index in [1.54, 1.807) is 28.9 Å². The summed E-state index contributed by atoms with van der Waals surface area (Å²) < 4.78 is 6.91. The van der Waals surface area contributed by atoms with Gasteiger partial charge in [-0.25, -0.2) is 4.79 Å². The average molecular weight is 384 g/mol.